The van der Waals surface area contributed by atoms with Gasteiger partial charge in [0, 0.05) is 43.5 Å². The van der Waals surface area contributed by atoms with Gasteiger partial charge in [-0.05, 0) is 108 Å². The number of para-hydroxylation sites is 6. The van der Waals surface area contributed by atoms with Crippen molar-refractivity contribution in [3.8, 4) is 44.9 Å². The van der Waals surface area contributed by atoms with Crippen molar-refractivity contribution >= 4 is 107 Å². The summed E-state index contributed by atoms with van der Waals surface area (Å²) < 4.78 is 40.8. The Morgan fingerprint density at radius 1 is 0.292 bits per heavy atom. The number of hydrogen-bond donors (Lipinski definition) is 4. The lowest BCUT2D eigenvalue weighted by Gasteiger charge is -2.27. The molecule has 6 heterocycles. The Kier molecular flexibility index (Phi) is 24.4. The largest absolute Gasteiger partial charge is 0.475 e. The quantitative estimate of drug-likeness (QED) is 0.0351. The number of nitrogens with one attached hydrogen (secondary N) is 4. The molecule has 12 aromatic rings. The van der Waals surface area contributed by atoms with Gasteiger partial charge in [0.2, 0.25) is 23.6 Å². The summed E-state index contributed by atoms with van der Waals surface area (Å²) in [5.74, 6) is 0.469. The number of rotatable bonds is 27. The van der Waals surface area contributed by atoms with Crippen LogP contribution in [0.5, 0.6) is 11.5 Å². The third kappa shape index (κ3) is 17.9. The Labute approximate surface area is 700 Å². The van der Waals surface area contributed by atoms with Crippen molar-refractivity contribution < 1.29 is 47.2 Å². The van der Waals surface area contributed by atoms with Crippen LogP contribution in [0.1, 0.15) is 120 Å². The van der Waals surface area contributed by atoms with Gasteiger partial charge in [0.1, 0.15) is 60.7 Å². The van der Waals surface area contributed by atoms with E-state index in [4.69, 9.17) is 57.9 Å². The number of pyridine rings is 2. The highest BCUT2D eigenvalue weighted by atomic mass is 31.1. The molecule has 4 N–H and O–H groups in total. The lowest BCUT2D eigenvalue weighted by atomic mass is 9.93. The summed E-state index contributed by atoms with van der Waals surface area (Å²) in [5, 5.41) is 16.0. The SMILES string of the molecule is CC(C)[C@H]1COC(c2ccccc2NC(=O)c2cc(-c3cccc(-c4cccc(-c5cc(C(=O)Nc6ccccc6C6=N[C@@H](C(C)C)CO6)nc(C(=O)Nc6ccccc6C6=N[C@@H](C(C)C)CO6)c5)c4OP(c4ccccc4)c4ccccc4)c3OP(c3ccccc3)c3ccccc3)cc(C(=O)Nc3ccccc3C3=N[C@@H](C(C)C)CO3)n2)=N1. The molecule has 2 aromatic heterocycles. The van der Waals surface area contributed by atoms with E-state index >= 15 is 19.2 Å². The molecule has 0 unspecified atom stereocenters. The summed E-state index contributed by atoms with van der Waals surface area (Å²) in [4.78, 5) is 92.2. The smallest absolute Gasteiger partial charge is 0.274 e. The van der Waals surface area contributed by atoms with Gasteiger partial charge in [-0.1, -0.05) is 262 Å². The van der Waals surface area contributed by atoms with Crippen LogP contribution in [-0.4, -0.2) is 108 Å². The van der Waals surface area contributed by atoms with Crippen molar-refractivity contribution in [2.45, 2.75) is 79.6 Å². The maximum Gasteiger partial charge on any atom is 0.274 e. The monoisotopic (exact) mass is 1630 g/mol. The zero-order valence-electron chi connectivity index (χ0n) is 67.7. The van der Waals surface area contributed by atoms with Crippen molar-refractivity contribution in [3.05, 3.63) is 324 Å². The maximum atomic E-state index is 15.6. The van der Waals surface area contributed by atoms with Crippen molar-refractivity contribution in [1.29, 1.82) is 0 Å². The van der Waals surface area contributed by atoms with Gasteiger partial charge in [-0.15, -0.1) is 0 Å². The van der Waals surface area contributed by atoms with Crippen LogP contribution in [0.4, 0.5) is 22.7 Å². The van der Waals surface area contributed by atoms with Crippen LogP contribution in [-0.2, 0) is 18.9 Å². The fourth-order valence-electron chi connectivity index (χ4n) is 14.3. The number of carbonyl (C=O) groups excluding carboxylic acids is 4. The topological polar surface area (TPSA) is 247 Å². The Hall–Kier alpha value is -13.3. The first-order valence-corrected chi connectivity index (χ1v) is 42.9. The predicted octanol–water partition coefficient (Wildman–Crippen LogP) is 18.5. The Balaban J connectivity index is 0.913. The first-order chi connectivity index (χ1) is 58.4. The van der Waals surface area contributed by atoms with Gasteiger partial charge in [0.05, 0.1) is 69.2 Å². The molecule has 4 aliphatic heterocycles. The molecular formula is C98H90N10O10P2. The third-order valence-corrected chi connectivity index (χ3v) is 25.0. The van der Waals surface area contributed by atoms with Gasteiger partial charge in [-0.25, -0.2) is 29.9 Å². The number of aliphatic imine (C=N–C) groups is 4. The van der Waals surface area contributed by atoms with Gasteiger partial charge < -0.3 is 49.3 Å². The van der Waals surface area contributed by atoms with Crippen LogP contribution in [0.25, 0.3) is 33.4 Å². The number of hydrogen-bond acceptors (Lipinski definition) is 16. The molecule has 4 atom stereocenters. The maximum absolute atomic E-state index is 15.6. The summed E-state index contributed by atoms with van der Waals surface area (Å²) in [7, 11) is -3.60. The van der Waals surface area contributed by atoms with E-state index < -0.39 is 39.9 Å². The minimum Gasteiger partial charge on any atom is -0.475 e. The van der Waals surface area contributed by atoms with Crippen LogP contribution in [0.15, 0.2) is 299 Å². The molecule has 22 heteroatoms. The van der Waals surface area contributed by atoms with Crippen LogP contribution in [0, 0.1) is 23.7 Å². The highest BCUT2D eigenvalue weighted by molar-refractivity contribution is 7.69. The van der Waals surface area contributed by atoms with E-state index in [1.165, 1.54) is 0 Å². The van der Waals surface area contributed by atoms with Crippen molar-refractivity contribution in [2.24, 2.45) is 43.6 Å². The number of amides is 4. The number of benzene rings is 10. The van der Waals surface area contributed by atoms with Crippen molar-refractivity contribution in [1.82, 2.24) is 9.97 Å². The summed E-state index contributed by atoms with van der Waals surface area (Å²) in [5.41, 5.74) is 6.15. The Morgan fingerprint density at radius 2 is 0.508 bits per heavy atom. The van der Waals surface area contributed by atoms with Crippen molar-refractivity contribution in [3.63, 3.8) is 0 Å². The van der Waals surface area contributed by atoms with E-state index in [0.29, 0.717) is 140 Å². The molecule has 4 amide bonds. The molecule has 0 fully saturated rings. The summed E-state index contributed by atoms with van der Waals surface area (Å²) in [6.07, 6.45) is 0. The second-order valence-corrected chi connectivity index (χ2v) is 34.6. The molecule has 0 radical (unpaired) electrons. The molecule has 0 bridgehead atoms. The summed E-state index contributed by atoms with van der Waals surface area (Å²) >= 11 is 0. The number of nitrogens with zero attached hydrogens (tertiary/aromatic N) is 6. The van der Waals surface area contributed by atoms with E-state index in [0.717, 1.165) is 21.2 Å². The highest BCUT2D eigenvalue weighted by Crippen LogP contribution is 2.53. The number of carbonyl (C=O) groups is 4. The number of anilines is 4. The molecule has 0 aliphatic carbocycles. The van der Waals surface area contributed by atoms with Crippen LogP contribution in [0.2, 0.25) is 0 Å². The fraction of sp³-hybridized carbons (Fsp3) is 0.204. The van der Waals surface area contributed by atoms with Crippen molar-refractivity contribution in [2.75, 3.05) is 47.7 Å². The predicted molar refractivity (Wildman–Crippen MR) is 480 cm³/mol. The molecule has 0 saturated carbocycles. The lowest BCUT2D eigenvalue weighted by molar-refractivity contribution is 0.0998. The minimum atomic E-state index is -1.80. The van der Waals surface area contributed by atoms with E-state index in [9.17, 15) is 0 Å². The fourth-order valence-corrected chi connectivity index (χ4v) is 17.9. The average Bonchev–Trinajstić information content (AvgIpc) is 1.00. The Bertz CT molecular complexity index is 5290. The summed E-state index contributed by atoms with van der Waals surface area (Å²) in [6, 6.07) is 86.9. The molecular weight excluding hydrogens is 1540 g/mol. The number of ether oxygens (including phenoxy) is 4. The molecule has 0 saturated heterocycles. The van der Waals surface area contributed by atoms with E-state index in [2.05, 4.69) is 76.7 Å². The molecule has 10 aromatic carbocycles. The van der Waals surface area contributed by atoms with Gasteiger partial charge in [-0.3, -0.25) is 19.2 Å². The first kappa shape index (κ1) is 80.5. The lowest BCUT2D eigenvalue weighted by Crippen LogP contribution is -2.21. The van der Waals surface area contributed by atoms with Gasteiger partial charge in [0.15, 0.2) is 16.3 Å². The third-order valence-electron chi connectivity index (χ3n) is 21.2. The summed E-state index contributed by atoms with van der Waals surface area (Å²) in [6.45, 7) is 18.2. The van der Waals surface area contributed by atoms with Crippen LogP contribution >= 0.6 is 16.3 Å². The molecule has 4 aliphatic rings. The highest BCUT2D eigenvalue weighted by Gasteiger charge is 2.34. The van der Waals surface area contributed by atoms with E-state index in [-0.39, 0.29) is 70.6 Å². The minimum absolute atomic E-state index is 0.0924. The normalized spacial score (nSPS) is 16.1. The zero-order valence-corrected chi connectivity index (χ0v) is 69.5. The van der Waals surface area contributed by atoms with Gasteiger partial charge in [-0.2, -0.15) is 0 Å². The second kappa shape index (κ2) is 36.3. The second-order valence-electron chi connectivity index (χ2n) is 31.0. The molecule has 120 heavy (non-hydrogen) atoms. The standard InChI is InChI=1S/C98H90N10O10P2/c1-59(2)85-55-113-95(105-85)73-39-21-25-47-77(73)101-91(109)81-51-63(52-82(99-81)92(110)102-78-48-26-22-40-74(78)96-106-86(56-114-96)60(3)4)69-43-29-45-71(89(69)117-119(65-31-13-9-14-32-65)66-33-15-10-16-34-66)72-46-30-44-70(90(72)118-120(67-35-17-11-18-36-67)68-37-19-12-20-38-68)64-53-83(93(111)103-79-49-27-23-41-75(79)97-107-87(57-115-97)61(5)6)100-84(54-64)94(112)104-80-50-28-24-42-76(80)98-108-88(58-116-98)62(7)8/h9-54,59-62,85-88H,55-58H2,1-8H3,(H,101,109)(H,102,110)(H,103,111)(H,104,112)/t85-,86-,87-,88-/m1/s1. The van der Waals surface area contributed by atoms with Crippen LogP contribution < -0.4 is 51.5 Å². The molecule has 16 rings (SSSR count). The zero-order chi connectivity index (χ0) is 82.9. The van der Waals surface area contributed by atoms with E-state index in [1.807, 2.05) is 231 Å². The number of aromatic nitrogens is 2. The van der Waals surface area contributed by atoms with Crippen LogP contribution in [0.3, 0.4) is 0 Å². The first-order valence-electron chi connectivity index (χ1n) is 40.4. The van der Waals surface area contributed by atoms with Gasteiger partial charge in [0.25, 0.3) is 23.6 Å². The van der Waals surface area contributed by atoms with Gasteiger partial charge >= 0.3 is 0 Å². The Morgan fingerprint density at radius 3 is 0.742 bits per heavy atom. The molecule has 20 nitrogen and oxygen atoms in total. The molecule has 0 spiro atoms. The molecule has 602 valence electrons. The van der Waals surface area contributed by atoms with E-state index in [1.54, 1.807) is 48.5 Å². The average molecular weight is 1630 g/mol.